The number of aliphatic hydroxyl groups is 2. The monoisotopic (exact) mass is 226 g/mol. The molecule has 1 rings (SSSR count). The Morgan fingerprint density at radius 3 is 2.56 bits per heavy atom. The quantitative estimate of drug-likeness (QED) is 0.520. The van der Waals surface area contributed by atoms with Crippen LogP contribution in [0.5, 0.6) is 0 Å². The number of carbonyl (C=O) groups excluding carboxylic acids is 1. The number of pyridine rings is 1. The van der Waals surface area contributed by atoms with Crippen LogP contribution in [-0.2, 0) is 0 Å². The normalized spacial score (nSPS) is 11.2. The number of amides is 1. The van der Waals surface area contributed by atoms with Crippen LogP contribution < -0.4 is 10.9 Å². The summed E-state index contributed by atoms with van der Waals surface area (Å²) in [6, 6.07) is 4.17. The van der Waals surface area contributed by atoms with Crippen LogP contribution in [0.15, 0.2) is 23.0 Å². The van der Waals surface area contributed by atoms with Crippen LogP contribution in [0.4, 0.5) is 0 Å². The van der Waals surface area contributed by atoms with Crippen molar-refractivity contribution < 1.29 is 15.0 Å². The summed E-state index contributed by atoms with van der Waals surface area (Å²) in [4.78, 5) is 24.9. The Balaban J connectivity index is 2.84. The van der Waals surface area contributed by atoms with Crippen molar-refractivity contribution in [2.24, 2.45) is 0 Å². The number of aliphatic hydroxyl groups excluding tert-OH is 2. The van der Waals surface area contributed by atoms with Gasteiger partial charge in [0, 0.05) is 6.07 Å². The van der Waals surface area contributed by atoms with E-state index in [1.54, 1.807) is 0 Å². The molecule has 6 heteroatoms. The average molecular weight is 226 g/mol. The van der Waals surface area contributed by atoms with Crippen LogP contribution >= 0.6 is 0 Å². The Bertz CT molecular complexity index is 423. The summed E-state index contributed by atoms with van der Waals surface area (Å²) in [5, 5.41) is 20.4. The molecule has 0 saturated heterocycles. The lowest BCUT2D eigenvalue weighted by Crippen LogP contribution is -2.52. The van der Waals surface area contributed by atoms with E-state index >= 15 is 0 Å². The van der Waals surface area contributed by atoms with Crippen molar-refractivity contribution in [3.8, 4) is 0 Å². The van der Waals surface area contributed by atoms with E-state index in [9.17, 15) is 9.59 Å². The summed E-state index contributed by atoms with van der Waals surface area (Å²) >= 11 is 0. The summed E-state index contributed by atoms with van der Waals surface area (Å²) < 4.78 is 0. The molecule has 16 heavy (non-hydrogen) atoms. The fourth-order valence-corrected chi connectivity index (χ4v) is 1.05. The summed E-state index contributed by atoms with van der Waals surface area (Å²) in [5.74, 6) is -0.552. The fraction of sp³-hybridized carbons (Fsp3) is 0.400. The third-order valence-corrected chi connectivity index (χ3v) is 2.13. The minimum atomic E-state index is -1.11. The average Bonchev–Trinajstić information content (AvgIpc) is 2.29. The van der Waals surface area contributed by atoms with Gasteiger partial charge >= 0.3 is 0 Å². The van der Waals surface area contributed by atoms with E-state index in [4.69, 9.17) is 10.2 Å². The van der Waals surface area contributed by atoms with E-state index in [2.05, 4.69) is 10.3 Å². The minimum absolute atomic E-state index is 0.0839. The van der Waals surface area contributed by atoms with Crippen LogP contribution in [0.2, 0.25) is 0 Å². The molecule has 0 atom stereocenters. The first-order valence-corrected chi connectivity index (χ1v) is 4.74. The molecule has 1 aromatic heterocycles. The zero-order valence-electron chi connectivity index (χ0n) is 8.86. The maximum atomic E-state index is 11.6. The molecule has 1 amide bonds. The molecule has 4 N–H and O–H groups in total. The minimum Gasteiger partial charge on any atom is -0.394 e. The van der Waals surface area contributed by atoms with Gasteiger partial charge in [0.15, 0.2) is 0 Å². The topological polar surface area (TPSA) is 102 Å². The van der Waals surface area contributed by atoms with Crippen molar-refractivity contribution in [2.75, 3.05) is 13.2 Å². The van der Waals surface area contributed by atoms with Crippen LogP contribution in [0, 0.1) is 0 Å². The Morgan fingerprint density at radius 1 is 1.44 bits per heavy atom. The molecule has 0 bridgehead atoms. The van der Waals surface area contributed by atoms with E-state index in [0.29, 0.717) is 0 Å². The van der Waals surface area contributed by atoms with E-state index in [1.807, 2.05) is 0 Å². The molecule has 0 aliphatic rings. The summed E-state index contributed by atoms with van der Waals surface area (Å²) in [5.41, 5.74) is -1.41. The largest absolute Gasteiger partial charge is 0.394 e. The van der Waals surface area contributed by atoms with Gasteiger partial charge in [0.1, 0.15) is 5.69 Å². The van der Waals surface area contributed by atoms with Crippen molar-refractivity contribution in [1.29, 1.82) is 0 Å². The second-order valence-corrected chi connectivity index (χ2v) is 3.76. The second kappa shape index (κ2) is 4.91. The highest BCUT2D eigenvalue weighted by Gasteiger charge is 2.25. The van der Waals surface area contributed by atoms with Crippen LogP contribution in [0.25, 0.3) is 0 Å². The number of carbonyl (C=O) groups is 1. The van der Waals surface area contributed by atoms with Gasteiger partial charge in [-0.1, -0.05) is 6.07 Å². The fourth-order valence-electron chi connectivity index (χ4n) is 1.05. The lowest BCUT2D eigenvalue weighted by atomic mass is 10.1. The first-order chi connectivity index (χ1) is 7.50. The molecule has 0 unspecified atom stereocenters. The first-order valence-electron chi connectivity index (χ1n) is 4.74. The molecule has 0 spiro atoms. The molecule has 0 aliphatic carbocycles. The summed E-state index contributed by atoms with van der Waals surface area (Å²) in [6.07, 6.45) is 0. The molecule has 1 heterocycles. The van der Waals surface area contributed by atoms with E-state index < -0.39 is 24.7 Å². The number of hydrogen-bond acceptors (Lipinski definition) is 4. The smallest absolute Gasteiger partial charge is 0.268 e. The second-order valence-electron chi connectivity index (χ2n) is 3.76. The van der Waals surface area contributed by atoms with Crippen molar-refractivity contribution in [2.45, 2.75) is 12.5 Å². The van der Waals surface area contributed by atoms with Gasteiger partial charge in [-0.15, -0.1) is 0 Å². The molecular weight excluding hydrogens is 212 g/mol. The molecule has 0 aliphatic heterocycles. The number of H-pyrrole nitrogens is 1. The number of hydrogen-bond donors (Lipinski definition) is 4. The van der Waals surface area contributed by atoms with Crippen LogP contribution in [0.3, 0.4) is 0 Å². The van der Waals surface area contributed by atoms with Crippen LogP contribution in [0.1, 0.15) is 17.4 Å². The zero-order chi connectivity index (χ0) is 12.2. The van der Waals surface area contributed by atoms with Gasteiger partial charge in [-0.2, -0.15) is 0 Å². The lowest BCUT2D eigenvalue weighted by molar-refractivity contribution is 0.0719. The molecular formula is C10H14N2O4. The highest BCUT2D eigenvalue weighted by Crippen LogP contribution is 2.02. The maximum Gasteiger partial charge on any atom is 0.268 e. The van der Waals surface area contributed by atoms with Crippen molar-refractivity contribution in [3.05, 3.63) is 34.2 Å². The van der Waals surface area contributed by atoms with Gasteiger partial charge in [0.2, 0.25) is 5.56 Å². The SMILES string of the molecule is CC(CO)(CO)NC(=O)c1cccc(=O)[nH]1. The van der Waals surface area contributed by atoms with Crippen molar-refractivity contribution in [1.82, 2.24) is 10.3 Å². The Labute approximate surface area is 91.9 Å². The van der Waals surface area contributed by atoms with Crippen molar-refractivity contribution >= 4 is 5.91 Å². The standard InChI is InChI=1S/C10H14N2O4/c1-10(5-13,6-14)12-9(16)7-3-2-4-8(15)11-7/h2-4,13-14H,5-6H2,1H3,(H,11,15)(H,12,16). The molecule has 0 radical (unpaired) electrons. The van der Waals surface area contributed by atoms with Crippen molar-refractivity contribution in [3.63, 3.8) is 0 Å². The highest BCUT2D eigenvalue weighted by atomic mass is 16.3. The molecule has 0 aromatic carbocycles. The lowest BCUT2D eigenvalue weighted by Gasteiger charge is -2.25. The van der Waals surface area contributed by atoms with E-state index in [0.717, 1.165) is 0 Å². The predicted octanol–water partition coefficient (Wildman–Crippen LogP) is -1.15. The zero-order valence-corrected chi connectivity index (χ0v) is 8.86. The molecule has 0 fully saturated rings. The maximum absolute atomic E-state index is 11.6. The molecule has 88 valence electrons. The number of aromatic amines is 1. The predicted molar refractivity (Wildman–Crippen MR) is 57.1 cm³/mol. The van der Waals surface area contributed by atoms with E-state index in [1.165, 1.54) is 25.1 Å². The third-order valence-electron chi connectivity index (χ3n) is 2.13. The van der Waals surface area contributed by atoms with Gasteiger partial charge < -0.3 is 20.5 Å². The van der Waals surface area contributed by atoms with Gasteiger partial charge in [-0.25, -0.2) is 0 Å². The summed E-state index contributed by atoms with van der Waals surface area (Å²) in [6.45, 7) is 0.699. The Kier molecular flexibility index (Phi) is 3.81. The van der Waals surface area contributed by atoms with Gasteiger partial charge in [-0.05, 0) is 13.0 Å². The Morgan fingerprint density at radius 2 is 2.06 bits per heavy atom. The van der Waals surface area contributed by atoms with Gasteiger partial charge in [0.05, 0.1) is 18.8 Å². The Hall–Kier alpha value is -1.66. The molecule has 1 aromatic rings. The van der Waals surface area contributed by atoms with Gasteiger partial charge in [0.25, 0.3) is 5.91 Å². The van der Waals surface area contributed by atoms with Gasteiger partial charge in [-0.3, -0.25) is 9.59 Å². The molecule has 6 nitrogen and oxygen atoms in total. The third kappa shape index (κ3) is 2.91. The highest BCUT2D eigenvalue weighted by molar-refractivity contribution is 5.92. The molecule has 0 saturated carbocycles. The number of nitrogens with one attached hydrogen (secondary N) is 2. The van der Waals surface area contributed by atoms with E-state index in [-0.39, 0.29) is 11.3 Å². The number of aromatic nitrogens is 1. The summed E-state index contributed by atoms with van der Waals surface area (Å²) in [7, 11) is 0. The van der Waals surface area contributed by atoms with Crippen LogP contribution in [-0.4, -0.2) is 39.9 Å². The number of rotatable bonds is 4. The first kappa shape index (κ1) is 12.4.